The van der Waals surface area contributed by atoms with Crippen molar-refractivity contribution in [3.05, 3.63) is 107 Å². The van der Waals surface area contributed by atoms with Crippen LogP contribution in [0.4, 0.5) is 8.78 Å². The van der Waals surface area contributed by atoms with Crippen molar-refractivity contribution < 1.29 is 13.6 Å². The topological polar surface area (TPSA) is 29.1 Å². The Bertz CT molecular complexity index is 883. The first-order valence-electron chi connectivity index (χ1n) is 8.49. The van der Waals surface area contributed by atoms with Crippen LogP contribution in [0, 0.1) is 0 Å². The standard InChI is InChI=1S/C22H18ClF2NO/c23-19-13-11-18(12-14-19)21(27)22(24,25)20(17-9-5-2-6-10-17)26-15-16-7-3-1-4-8-16/h1-14,20,26H,15H2. The van der Waals surface area contributed by atoms with E-state index in [0.29, 0.717) is 10.6 Å². The van der Waals surface area contributed by atoms with E-state index < -0.39 is 17.7 Å². The van der Waals surface area contributed by atoms with Gasteiger partial charge in [-0.15, -0.1) is 0 Å². The highest BCUT2D eigenvalue weighted by molar-refractivity contribution is 6.30. The number of benzene rings is 3. The third-order valence-electron chi connectivity index (χ3n) is 4.26. The molecule has 0 saturated heterocycles. The molecule has 1 atom stereocenters. The van der Waals surface area contributed by atoms with Crippen molar-refractivity contribution in [3.63, 3.8) is 0 Å². The Morgan fingerprint density at radius 2 is 1.44 bits per heavy atom. The summed E-state index contributed by atoms with van der Waals surface area (Å²) >= 11 is 5.80. The minimum absolute atomic E-state index is 0.0770. The van der Waals surface area contributed by atoms with E-state index in [-0.39, 0.29) is 12.1 Å². The van der Waals surface area contributed by atoms with Gasteiger partial charge in [0.2, 0.25) is 5.78 Å². The molecule has 0 aliphatic rings. The van der Waals surface area contributed by atoms with Gasteiger partial charge in [-0.3, -0.25) is 4.79 Å². The van der Waals surface area contributed by atoms with Crippen LogP contribution < -0.4 is 5.32 Å². The van der Waals surface area contributed by atoms with Gasteiger partial charge in [0, 0.05) is 17.1 Å². The van der Waals surface area contributed by atoms with Gasteiger partial charge in [0.05, 0.1) is 0 Å². The maximum absolute atomic E-state index is 15.2. The Labute approximate surface area is 161 Å². The van der Waals surface area contributed by atoms with Gasteiger partial charge in [-0.25, -0.2) is 0 Å². The maximum atomic E-state index is 15.2. The molecule has 0 heterocycles. The molecular formula is C22H18ClF2NO. The summed E-state index contributed by atoms with van der Waals surface area (Å²) in [6, 6.07) is 21.5. The first kappa shape index (κ1) is 19.2. The minimum atomic E-state index is -3.63. The molecule has 3 aromatic rings. The van der Waals surface area contributed by atoms with Crippen molar-refractivity contribution in [1.82, 2.24) is 5.32 Å². The fourth-order valence-electron chi connectivity index (χ4n) is 2.84. The lowest BCUT2D eigenvalue weighted by Gasteiger charge is -2.27. The second-order valence-corrected chi connectivity index (χ2v) is 6.61. The summed E-state index contributed by atoms with van der Waals surface area (Å²) < 4.78 is 30.4. The van der Waals surface area contributed by atoms with Crippen molar-refractivity contribution in [2.24, 2.45) is 0 Å². The molecule has 1 N–H and O–H groups in total. The van der Waals surface area contributed by atoms with Crippen molar-refractivity contribution in [1.29, 1.82) is 0 Å². The Morgan fingerprint density at radius 3 is 2.04 bits per heavy atom. The molecule has 0 radical (unpaired) electrons. The number of Topliss-reactive ketones (excluding diaryl/α,β-unsaturated/α-hetero) is 1. The van der Waals surface area contributed by atoms with Gasteiger partial charge in [0.1, 0.15) is 6.04 Å². The van der Waals surface area contributed by atoms with Crippen LogP contribution in [0.15, 0.2) is 84.9 Å². The lowest BCUT2D eigenvalue weighted by molar-refractivity contribution is -0.0169. The molecule has 0 aliphatic heterocycles. The van der Waals surface area contributed by atoms with Crippen molar-refractivity contribution in [3.8, 4) is 0 Å². The molecule has 3 rings (SSSR count). The zero-order valence-corrected chi connectivity index (χ0v) is 15.2. The van der Waals surface area contributed by atoms with Crippen LogP contribution in [-0.2, 0) is 6.54 Å². The molecule has 0 aliphatic carbocycles. The van der Waals surface area contributed by atoms with Gasteiger partial charge in [0.25, 0.3) is 0 Å². The van der Waals surface area contributed by atoms with E-state index in [1.165, 1.54) is 24.3 Å². The average Bonchev–Trinajstić information content (AvgIpc) is 2.69. The number of hydrogen-bond acceptors (Lipinski definition) is 2. The average molecular weight is 386 g/mol. The Hall–Kier alpha value is -2.56. The molecule has 0 aromatic heterocycles. The minimum Gasteiger partial charge on any atom is -0.300 e. The van der Waals surface area contributed by atoms with Crippen molar-refractivity contribution in [2.45, 2.75) is 18.5 Å². The van der Waals surface area contributed by atoms with Gasteiger partial charge < -0.3 is 5.32 Å². The molecule has 138 valence electrons. The molecule has 5 heteroatoms. The van der Waals surface area contributed by atoms with E-state index in [0.717, 1.165) is 5.56 Å². The van der Waals surface area contributed by atoms with Crippen LogP contribution in [-0.4, -0.2) is 11.7 Å². The predicted molar refractivity (Wildman–Crippen MR) is 103 cm³/mol. The van der Waals surface area contributed by atoms with Gasteiger partial charge in [-0.2, -0.15) is 8.78 Å². The van der Waals surface area contributed by atoms with Crippen LogP contribution in [0.2, 0.25) is 5.02 Å². The third kappa shape index (κ3) is 4.59. The molecule has 2 nitrogen and oxygen atoms in total. The molecule has 1 unspecified atom stereocenters. The van der Waals surface area contributed by atoms with E-state index >= 15 is 8.78 Å². The quantitative estimate of drug-likeness (QED) is 0.529. The SMILES string of the molecule is O=C(c1ccc(Cl)cc1)C(F)(F)C(NCc1ccccc1)c1ccccc1. The largest absolute Gasteiger partial charge is 0.328 e. The lowest BCUT2D eigenvalue weighted by Crippen LogP contribution is -2.43. The van der Waals surface area contributed by atoms with E-state index in [2.05, 4.69) is 5.32 Å². The first-order valence-corrected chi connectivity index (χ1v) is 8.86. The molecule has 3 aromatic carbocycles. The third-order valence-corrected chi connectivity index (χ3v) is 4.51. The van der Waals surface area contributed by atoms with Crippen LogP contribution in [0.1, 0.15) is 27.5 Å². The number of alkyl halides is 2. The van der Waals surface area contributed by atoms with Crippen LogP contribution >= 0.6 is 11.6 Å². The van der Waals surface area contributed by atoms with Crippen molar-refractivity contribution >= 4 is 17.4 Å². The van der Waals surface area contributed by atoms with Gasteiger partial charge in [-0.1, -0.05) is 72.3 Å². The Kier molecular flexibility index (Phi) is 5.99. The fraction of sp³-hybridized carbons (Fsp3) is 0.136. The molecule has 0 saturated carbocycles. The Morgan fingerprint density at radius 1 is 0.889 bits per heavy atom. The molecule has 27 heavy (non-hydrogen) atoms. The number of nitrogens with one attached hydrogen (secondary N) is 1. The Balaban J connectivity index is 1.90. The van der Waals surface area contributed by atoms with E-state index in [1.54, 1.807) is 30.3 Å². The number of carbonyl (C=O) groups is 1. The van der Waals surface area contributed by atoms with Crippen molar-refractivity contribution in [2.75, 3.05) is 0 Å². The normalized spacial score (nSPS) is 12.6. The zero-order chi connectivity index (χ0) is 19.3. The van der Waals surface area contributed by atoms with Gasteiger partial charge in [-0.05, 0) is 35.4 Å². The van der Waals surface area contributed by atoms with E-state index in [9.17, 15) is 4.79 Å². The van der Waals surface area contributed by atoms with E-state index in [1.807, 2.05) is 30.3 Å². The summed E-state index contributed by atoms with van der Waals surface area (Å²) in [5.41, 5.74) is 1.13. The predicted octanol–water partition coefficient (Wildman–Crippen LogP) is 5.69. The summed E-state index contributed by atoms with van der Waals surface area (Å²) in [5, 5.41) is 3.24. The number of carbonyl (C=O) groups excluding carboxylic acids is 1. The lowest BCUT2D eigenvalue weighted by atomic mass is 9.93. The highest BCUT2D eigenvalue weighted by Gasteiger charge is 2.47. The first-order chi connectivity index (χ1) is 13.0. The zero-order valence-electron chi connectivity index (χ0n) is 14.4. The van der Waals surface area contributed by atoms with Crippen LogP contribution in [0.3, 0.4) is 0 Å². The number of rotatable bonds is 7. The van der Waals surface area contributed by atoms with Crippen LogP contribution in [0.25, 0.3) is 0 Å². The van der Waals surface area contributed by atoms with Gasteiger partial charge >= 0.3 is 5.92 Å². The highest BCUT2D eigenvalue weighted by atomic mass is 35.5. The maximum Gasteiger partial charge on any atom is 0.328 e. The van der Waals surface area contributed by atoms with Crippen LogP contribution in [0.5, 0.6) is 0 Å². The summed E-state index contributed by atoms with van der Waals surface area (Å²) in [7, 11) is 0. The molecule has 0 spiro atoms. The summed E-state index contributed by atoms with van der Waals surface area (Å²) in [5.74, 6) is -4.88. The fourth-order valence-corrected chi connectivity index (χ4v) is 2.97. The van der Waals surface area contributed by atoms with Gasteiger partial charge in [0.15, 0.2) is 0 Å². The summed E-state index contributed by atoms with van der Waals surface area (Å²) in [6.07, 6.45) is 0. The number of hydrogen-bond donors (Lipinski definition) is 1. The summed E-state index contributed by atoms with van der Waals surface area (Å²) in [4.78, 5) is 12.6. The molecular weight excluding hydrogens is 368 g/mol. The summed E-state index contributed by atoms with van der Waals surface area (Å²) in [6.45, 7) is 0.212. The highest BCUT2D eigenvalue weighted by Crippen LogP contribution is 2.35. The number of ketones is 1. The smallest absolute Gasteiger partial charge is 0.300 e. The second-order valence-electron chi connectivity index (χ2n) is 6.17. The molecule has 0 bridgehead atoms. The monoisotopic (exact) mass is 385 g/mol. The second kappa shape index (κ2) is 8.42. The number of halogens is 3. The molecule has 0 amide bonds. The molecule has 0 fully saturated rings. The van der Waals surface area contributed by atoms with E-state index in [4.69, 9.17) is 11.6 Å².